The maximum Gasteiger partial charge on any atom is 0.152 e. The summed E-state index contributed by atoms with van der Waals surface area (Å²) in [5, 5.41) is 0. The molecule has 1 fully saturated rings. The number of carbonyl (C=O) groups excluding carboxylic acids is 1. The average molecular weight is 216 g/mol. The molecule has 1 saturated heterocycles. The van der Waals surface area contributed by atoms with E-state index in [1.54, 1.807) is 19.1 Å². The van der Waals surface area contributed by atoms with E-state index in [1.807, 2.05) is 18.3 Å². The molecule has 0 radical (unpaired) electrons. The highest BCUT2D eigenvalue weighted by molar-refractivity contribution is 5.91. The zero-order valence-electron chi connectivity index (χ0n) is 9.52. The molecule has 3 heteroatoms. The smallest absolute Gasteiger partial charge is 0.152 e. The molecule has 0 aliphatic carbocycles. The first-order chi connectivity index (χ1) is 7.75. The zero-order valence-corrected chi connectivity index (χ0v) is 9.52. The number of nitrogens with zero attached hydrogens (tertiary/aromatic N) is 2. The van der Waals surface area contributed by atoms with Gasteiger partial charge in [0.15, 0.2) is 5.78 Å². The summed E-state index contributed by atoms with van der Waals surface area (Å²) in [7, 11) is 0. The summed E-state index contributed by atoms with van der Waals surface area (Å²) in [5.41, 5.74) is 0.971. The van der Waals surface area contributed by atoms with Crippen molar-refractivity contribution < 1.29 is 4.79 Å². The van der Waals surface area contributed by atoms with Crippen LogP contribution < -0.4 is 4.90 Å². The average Bonchev–Trinajstić information content (AvgIpc) is 2.80. The van der Waals surface area contributed by atoms with Gasteiger partial charge in [-0.25, -0.2) is 4.98 Å². The van der Waals surface area contributed by atoms with Gasteiger partial charge in [0.1, 0.15) is 5.82 Å². The van der Waals surface area contributed by atoms with Crippen LogP contribution in [0.3, 0.4) is 0 Å². The fourth-order valence-electron chi connectivity index (χ4n) is 1.84. The third-order valence-electron chi connectivity index (χ3n) is 2.71. The van der Waals surface area contributed by atoms with Crippen LogP contribution in [0, 0.1) is 0 Å². The number of aromatic nitrogens is 1. The largest absolute Gasteiger partial charge is 0.357 e. The molecule has 0 aromatic carbocycles. The topological polar surface area (TPSA) is 33.2 Å². The van der Waals surface area contributed by atoms with Crippen molar-refractivity contribution in [2.75, 3.05) is 18.0 Å². The summed E-state index contributed by atoms with van der Waals surface area (Å²) in [6.45, 7) is 3.76. The number of hydrogen-bond acceptors (Lipinski definition) is 3. The summed E-state index contributed by atoms with van der Waals surface area (Å²) in [5.74, 6) is 1.10. The Morgan fingerprint density at radius 2 is 2.12 bits per heavy atom. The van der Waals surface area contributed by atoms with Crippen LogP contribution in [0.4, 0.5) is 5.82 Å². The second kappa shape index (κ2) is 4.92. The van der Waals surface area contributed by atoms with E-state index < -0.39 is 0 Å². The van der Waals surface area contributed by atoms with E-state index >= 15 is 0 Å². The number of hydrogen-bond donors (Lipinski definition) is 0. The molecule has 0 unspecified atom stereocenters. The first-order valence-electron chi connectivity index (χ1n) is 5.65. The molecule has 1 aliphatic heterocycles. The molecular formula is C13H16N2O. The molecule has 0 amide bonds. The normalized spacial score (nSPS) is 15.9. The van der Waals surface area contributed by atoms with E-state index in [2.05, 4.69) is 9.88 Å². The number of rotatable bonds is 3. The standard InChI is InChI=1S/C13H16N2O/c1-11(16)4-5-12-6-7-13(14-10-12)15-8-2-3-9-15/h4-7,10H,2-3,8-9H2,1H3/b5-4+. The Balaban J connectivity index is 2.06. The number of ketones is 1. The number of anilines is 1. The van der Waals surface area contributed by atoms with Gasteiger partial charge in [-0.05, 0) is 49.6 Å². The molecule has 0 bridgehead atoms. The Morgan fingerprint density at radius 1 is 1.38 bits per heavy atom. The summed E-state index contributed by atoms with van der Waals surface area (Å²) in [6, 6.07) is 4.02. The van der Waals surface area contributed by atoms with E-state index in [1.165, 1.54) is 12.8 Å². The fraction of sp³-hybridized carbons (Fsp3) is 0.385. The molecule has 1 aromatic rings. The number of carbonyl (C=O) groups is 1. The lowest BCUT2D eigenvalue weighted by atomic mass is 10.2. The van der Waals surface area contributed by atoms with Crippen LogP contribution in [0.25, 0.3) is 6.08 Å². The molecule has 16 heavy (non-hydrogen) atoms. The minimum Gasteiger partial charge on any atom is -0.357 e. The van der Waals surface area contributed by atoms with Gasteiger partial charge in [0, 0.05) is 19.3 Å². The summed E-state index contributed by atoms with van der Waals surface area (Å²) in [4.78, 5) is 17.5. The Bertz CT molecular complexity index is 389. The van der Waals surface area contributed by atoms with Gasteiger partial charge in [-0.1, -0.05) is 0 Å². The van der Waals surface area contributed by atoms with Crippen LogP contribution in [0.5, 0.6) is 0 Å². The van der Waals surface area contributed by atoms with E-state index in [0.717, 1.165) is 24.5 Å². The van der Waals surface area contributed by atoms with Crippen LogP contribution in [0.1, 0.15) is 25.3 Å². The van der Waals surface area contributed by atoms with E-state index in [0.29, 0.717) is 0 Å². The van der Waals surface area contributed by atoms with Crippen molar-refractivity contribution in [1.29, 1.82) is 0 Å². The summed E-state index contributed by atoms with van der Waals surface area (Å²) in [6.07, 6.45) is 7.68. The highest BCUT2D eigenvalue weighted by Gasteiger charge is 2.12. The molecule has 1 aromatic heterocycles. The van der Waals surface area contributed by atoms with E-state index in [4.69, 9.17) is 0 Å². The zero-order chi connectivity index (χ0) is 11.4. The molecule has 3 nitrogen and oxygen atoms in total. The van der Waals surface area contributed by atoms with Gasteiger partial charge >= 0.3 is 0 Å². The second-order valence-electron chi connectivity index (χ2n) is 4.09. The minimum atomic E-state index is 0.0589. The van der Waals surface area contributed by atoms with Gasteiger partial charge in [0.25, 0.3) is 0 Å². The highest BCUT2D eigenvalue weighted by Crippen LogP contribution is 2.17. The fourth-order valence-corrected chi connectivity index (χ4v) is 1.84. The Hall–Kier alpha value is -1.64. The van der Waals surface area contributed by atoms with Crippen molar-refractivity contribution in [3.05, 3.63) is 30.0 Å². The highest BCUT2D eigenvalue weighted by atomic mass is 16.1. The predicted molar refractivity (Wildman–Crippen MR) is 65.4 cm³/mol. The van der Waals surface area contributed by atoms with Crippen LogP contribution in [0.15, 0.2) is 24.4 Å². The molecule has 1 aliphatic rings. The second-order valence-corrected chi connectivity index (χ2v) is 4.09. The minimum absolute atomic E-state index is 0.0589. The SMILES string of the molecule is CC(=O)/C=C/c1ccc(N2CCCC2)nc1. The first-order valence-corrected chi connectivity index (χ1v) is 5.65. The third kappa shape index (κ3) is 2.69. The molecular weight excluding hydrogens is 200 g/mol. The monoisotopic (exact) mass is 216 g/mol. The maximum atomic E-state index is 10.8. The predicted octanol–water partition coefficient (Wildman–Crippen LogP) is 2.28. The van der Waals surface area contributed by atoms with Crippen molar-refractivity contribution >= 4 is 17.7 Å². The van der Waals surface area contributed by atoms with Gasteiger partial charge in [0.2, 0.25) is 0 Å². The Kier molecular flexibility index (Phi) is 3.34. The molecule has 0 spiro atoms. The van der Waals surface area contributed by atoms with Crippen molar-refractivity contribution in [2.24, 2.45) is 0 Å². The molecule has 2 rings (SSSR count). The van der Waals surface area contributed by atoms with Gasteiger partial charge in [-0.15, -0.1) is 0 Å². The van der Waals surface area contributed by atoms with Gasteiger partial charge in [0.05, 0.1) is 0 Å². The van der Waals surface area contributed by atoms with Crippen LogP contribution >= 0.6 is 0 Å². The quantitative estimate of drug-likeness (QED) is 0.727. The lowest BCUT2D eigenvalue weighted by molar-refractivity contribution is -0.112. The molecule has 2 heterocycles. The van der Waals surface area contributed by atoms with Crippen LogP contribution in [-0.2, 0) is 4.79 Å². The maximum absolute atomic E-state index is 10.8. The van der Waals surface area contributed by atoms with Crippen molar-refractivity contribution in [3.63, 3.8) is 0 Å². The number of pyridine rings is 1. The van der Waals surface area contributed by atoms with E-state index in [9.17, 15) is 4.79 Å². The Labute approximate surface area is 95.8 Å². The summed E-state index contributed by atoms with van der Waals surface area (Å²) >= 11 is 0. The molecule has 0 N–H and O–H groups in total. The third-order valence-corrected chi connectivity index (χ3v) is 2.71. The molecule has 0 saturated carbocycles. The number of allylic oxidation sites excluding steroid dienone is 1. The lowest BCUT2D eigenvalue weighted by Crippen LogP contribution is -2.18. The molecule has 0 atom stereocenters. The van der Waals surface area contributed by atoms with Crippen molar-refractivity contribution in [3.8, 4) is 0 Å². The van der Waals surface area contributed by atoms with Gasteiger partial charge < -0.3 is 4.90 Å². The van der Waals surface area contributed by atoms with Crippen LogP contribution in [0.2, 0.25) is 0 Å². The lowest BCUT2D eigenvalue weighted by Gasteiger charge is -2.15. The summed E-state index contributed by atoms with van der Waals surface area (Å²) < 4.78 is 0. The van der Waals surface area contributed by atoms with Gasteiger partial charge in [-0.2, -0.15) is 0 Å². The van der Waals surface area contributed by atoms with Gasteiger partial charge in [-0.3, -0.25) is 4.79 Å². The first kappa shape index (κ1) is 10.9. The van der Waals surface area contributed by atoms with Crippen molar-refractivity contribution in [1.82, 2.24) is 4.98 Å². The van der Waals surface area contributed by atoms with Crippen LogP contribution in [-0.4, -0.2) is 23.9 Å². The van der Waals surface area contributed by atoms with E-state index in [-0.39, 0.29) is 5.78 Å². The van der Waals surface area contributed by atoms with Crippen molar-refractivity contribution in [2.45, 2.75) is 19.8 Å². The Morgan fingerprint density at radius 3 is 2.69 bits per heavy atom. The molecule has 84 valence electrons.